The summed E-state index contributed by atoms with van der Waals surface area (Å²) in [5.74, 6) is 11.2. The molecule has 5 N–H and O–H groups in total. The second kappa shape index (κ2) is 8.88. The number of carbonyl (C=O) groups is 1. The minimum absolute atomic E-state index is 0.0600. The van der Waals surface area contributed by atoms with Crippen LogP contribution in [0.2, 0.25) is 0 Å². The van der Waals surface area contributed by atoms with Gasteiger partial charge in [0.05, 0.1) is 11.4 Å². The Balaban J connectivity index is 2.06. The average molecular weight is 390 g/mol. The predicted molar refractivity (Wildman–Crippen MR) is 111 cm³/mol. The maximum atomic E-state index is 13.2. The van der Waals surface area contributed by atoms with E-state index in [-0.39, 0.29) is 17.5 Å². The molecule has 27 heavy (non-hydrogen) atoms. The Hall–Kier alpha value is -2.58. The van der Waals surface area contributed by atoms with Crippen LogP contribution in [0.4, 0.5) is 15.8 Å². The molecule has 0 unspecified atom stereocenters. The van der Waals surface area contributed by atoms with Crippen LogP contribution in [0.25, 0.3) is 0 Å². The van der Waals surface area contributed by atoms with Gasteiger partial charge in [-0.05, 0) is 62.6 Å². The van der Waals surface area contributed by atoms with E-state index in [0.29, 0.717) is 16.4 Å². The van der Waals surface area contributed by atoms with Crippen molar-refractivity contribution in [2.24, 2.45) is 16.8 Å². The highest BCUT2D eigenvalue weighted by molar-refractivity contribution is 8.14. The number of hydrazine groups is 1. The summed E-state index contributed by atoms with van der Waals surface area (Å²) in [6, 6.07) is 8.22. The molecule has 0 heterocycles. The number of aryl methyl sites for hydroxylation is 4. The van der Waals surface area contributed by atoms with Gasteiger partial charge in [-0.3, -0.25) is 9.80 Å². The van der Waals surface area contributed by atoms with Gasteiger partial charge in [0.25, 0.3) is 0 Å². The molecule has 0 spiro atoms. The minimum Gasteiger partial charge on any atom is -0.325 e. The highest BCUT2D eigenvalue weighted by Gasteiger charge is 2.17. The molecule has 1 amide bonds. The fraction of sp³-hybridized carbons (Fsp3) is 0.263. The van der Waals surface area contributed by atoms with Crippen LogP contribution in [0, 0.1) is 33.5 Å². The summed E-state index contributed by atoms with van der Waals surface area (Å²) in [5.41, 5.74) is 5.11. The fourth-order valence-corrected chi connectivity index (χ4v) is 3.54. The van der Waals surface area contributed by atoms with Gasteiger partial charge in [-0.25, -0.2) is 10.2 Å². The van der Waals surface area contributed by atoms with Gasteiger partial charge < -0.3 is 11.2 Å². The van der Waals surface area contributed by atoms with E-state index in [9.17, 15) is 9.18 Å². The number of halogens is 1. The third kappa shape index (κ3) is 5.21. The van der Waals surface area contributed by atoms with Crippen molar-refractivity contribution in [3.8, 4) is 0 Å². The number of rotatable bonds is 4. The Bertz CT molecular complexity index is 861. The molecular weight excluding hydrogens is 365 g/mol. The van der Waals surface area contributed by atoms with E-state index in [0.717, 1.165) is 34.1 Å². The van der Waals surface area contributed by atoms with Crippen molar-refractivity contribution >= 4 is 34.2 Å². The molecule has 0 radical (unpaired) electrons. The highest BCUT2D eigenvalue weighted by atomic mass is 32.2. The van der Waals surface area contributed by atoms with Crippen molar-refractivity contribution in [1.29, 1.82) is 0 Å². The molecular formula is C19H24FN5OS. The van der Waals surface area contributed by atoms with Gasteiger partial charge in [-0.15, -0.1) is 0 Å². The number of nitrogens with one attached hydrogen (secondary N) is 1. The molecule has 0 aliphatic rings. The van der Waals surface area contributed by atoms with Crippen molar-refractivity contribution in [2.45, 2.75) is 27.7 Å². The first-order chi connectivity index (χ1) is 12.7. The largest absolute Gasteiger partial charge is 0.325 e. The van der Waals surface area contributed by atoms with Gasteiger partial charge in [0, 0.05) is 5.69 Å². The quantitative estimate of drug-likeness (QED) is 0.322. The lowest BCUT2D eigenvalue weighted by Crippen LogP contribution is -2.38. The summed E-state index contributed by atoms with van der Waals surface area (Å²) in [7, 11) is 0. The standard InChI is InChI=1S/C19H24FN5OS/c1-11-7-13(3)18(14(4)8-11)25(22)19(24-21)27-10-17(26)23-16-6-5-15(20)9-12(16)2/h5-9H,10,21-22H2,1-4H3,(H,23,26)/b24-19+. The van der Waals surface area contributed by atoms with Crippen molar-refractivity contribution in [1.82, 2.24) is 0 Å². The number of hydrogen-bond donors (Lipinski definition) is 3. The SMILES string of the molecule is Cc1cc(C)c(N(N)/C(=N\N)SCC(=O)Nc2ccc(F)cc2C)c(C)c1. The van der Waals surface area contributed by atoms with E-state index >= 15 is 0 Å². The highest BCUT2D eigenvalue weighted by Crippen LogP contribution is 2.26. The van der Waals surface area contributed by atoms with Gasteiger partial charge in [0.1, 0.15) is 5.82 Å². The van der Waals surface area contributed by atoms with Gasteiger partial charge in [-0.1, -0.05) is 29.5 Å². The zero-order valence-corrected chi connectivity index (χ0v) is 16.7. The number of thioether (sulfide) groups is 1. The smallest absolute Gasteiger partial charge is 0.234 e. The molecule has 0 aliphatic carbocycles. The topological polar surface area (TPSA) is 96.7 Å². The molecule has 6 nitrogen and oxygen atoms in total. The Morgan fingerprint density at radius 3 is 2.33 bits per heavy atom. The number of amidine groups is 1. The minimum atomic E-state index is -0.347. The van der Waals surface area contributed by atoms with Gasteiger partial charge in [0.2, 0.25) is 11.1 Å². The average Bonchev–Trinajstić information content (AvgIpc) is 2.57. The molecule has 144 valence electrons. The summed E-state index contributed by atoms with van der Waals surface area (Å²) in [6.07, 6.45) is 0. The number of nitrogens with zero attached hydrogens (tertiary/aromatic N) is 2. The molecule has 8 heteroatoms. The molecule has 2 aromatic carbocycles. The predicted octanol–water partition coefficient (Wildman–Crippen LogP) is 3.34. The second-order valence-corrected chi connectivity index (χ2v) is 7.27. The second-order valence-electron chi connectivity index (χ2n) is 6.33. The molecule has 0 saturated carbocycles. The molecule has 0 aromatic heterocycles. The zero-order chi connectivity index (χ0) is 20.1. The maximum absolute atomic E-state index is 13.2. The lowest BCUT2D eigenvalue weighted by Gasteiger charge is -2.23. The van der Waals surface area contributed by atoms with E-state index in [1.54, 1.807) is 6.92 Å². The molecule has 2 rings (SSSR count). The van der Waals surface area contributed by atoms with Crippen molar-refractivity contribution in [3.63, 3.8) is 0 Å². The van der Waals surface area contributed by atoms with Crippen LogP contribution in [0.1, 0.15) is 22.3 Å². The molecule has 0 saturated heterocycles. The van der Waals surface area contributed by atoms with Crippen LogP contribution in [-0.4, -0.2) is 16.8 Å². The molecule has 2 aromatic rings. The number of benzene rings is 2. The van der Waals surface area contributed by atoms with Crippen molar-refractivity contribution in [3.05, 3.63) is 58.4 Å². The van der Waals surface area contributed by atoms with Gasteiger partial charge in [0.15, 0.2) is 0 Å². The summed E-state index contributed by atoms with van der Waals surface area (Å²) in [5, 5.41) is 8.18. The van der Waals surface area contributed by atoms with Gasteiger partial charge >= 0.3 is 0 Å². The van der Waals surface area contributed by atoms with E-state index in [1.165, 1.54) is 23.2 Å². The third-order valence-electron chi connectivity index (χ3n) is 3.99. The van der Waals surface area contributed by atoms with E-state index in [1.807, 2.05) is 32.9 Å². The van der Waals surface area contributed by atoms with Crippen LogP contribution in [-0.2, 0) is 4.79 Å². The van der Waals surface area contributed by atoms with Crippen LogP contribution in [0.15, 0.2) is 35.4 Å². The van der Waals surface area contributed by atoms with Crippen LogP contribution < -0.4 is 22.0 Å². The monoisotopic (exact) mass is 389 g/mol. The lowest BCUT2D eigenvalue weighted by molar-refractivity contribution is -0.113. The first kappa shape index (κ1) is 20.7. The summed E-state index contributed by atoms with van der Waals surface area (Å²) in [6.45, 7) is 7.65. The maximum Gasteiger partial charge on any atom is 0.234 e. The van der Waals surface area contributed by atoms with Crippen molar-refractivity contribution < 1.29 is 9.18 Å². The van der Waals surface area contributed by atoms with E-state index in [4.69, 9.17) is 11.7 Å². The summed E-state index contributed by atoms with van der Waals surface area (Å²) < 4.78 is 13.2. The fourth-order valence-electron chi connectivity index (χ4n) is 2.90. The first-order valence-electron chi connectivity index (χ1n) is 8.32. The van der Waals surface area contributed by atoms with E-state index < -0.39 is 0 Å². The normalized spacial score (nSPS) is 11.4. The van der Waals surface area contributed by atoms with Crippen molar-refractivity contribution in [2.75, 3.05) is 16.1 Å². The van der Waals surface area contributed by atoms with Crippen LogP contribution in [0.3, 0.4) is 0 Å². The molecule has 0 fully saturated rings. The van der Waals surface area contributed by atoms with Crippen LogP contribution >= 0.6 is 11.8 Å². The Labute approximate surface area is 162 Å². The number of anilines is 2. The number of hydrogen-bond acceptors (Lipinski definition) is 5. The van der Waals surface area contributed by atoms with Gasteiger partial charge in [-0.2, -0.15) is 5.10 Å². The summed E-state index contributed by atoms with van der Waals surface area (Å²) >= 11 is 1.12. The number of nitrogens with two attached hydrogens (primary N) is 2. The first-order valence-corrected chi connectivity index (χ1v) is 9.31. The van der Waals surface area contributed by atoms with E-state index in [2.05, 4.69) is 10.4 Å². The number of hydrazone groups is 1. The summed E-state index contributed by atoms with van der Waals surface area (Å²) in [4.78, 5) is 12.2. The third-order valence-corrected chi connectivity index (χ3v) is 4.95. The molecule has 0 bridgehead atoms. The Morgan fingerprint density at radius 1 is 1.15 bits per heavy atom. The molecule has 0 aliphatic heterocycles. The lowest BCUT2D eigenvalue weighted by atomic mass is 10.1. The Kier molecular flexibility index (Phi) is 6.81. The molecule has 0 atom stereocenters. The number of amides is 1. The van der Waals surface area contributed by atoms with Crippen LogP contribution in [0.5, 0.6) is 0 Å². The zero-order valence-electron chi connectivity index (χ0n) is 15.8. The number of carbonyl (C=O) groups excluding carboxylic acids is 1. The Morgan fingerprint density at radius 2 is 1.78 bits per heavy atom.